The summed E-state index contributed by atoms with van der Waals surface area (Å²) in [7, 11) is 0. The second-order valence-electron chi connectivity index (χ2n) is 5.94. The van der Waals surface area contributed by atoms with E-state index in [-0.39, 0.29) is 18.5 Å². The molecule has 0 saturated carbocycles. The lowest BCUT2D eigenvalue weighted by molar-refractivity contribution is -0.751. The van der Waals surface area contributed by atoms with Gasteiger partial charge in [-0.15, -0.1) is 0 Å². The van der Waals surface area contributed by atoms with Gasteiger partial charge in [0.25, 0.3) is 18.6 Å². The van der Waals surface area contributed by atoms with E-state index < -0.39 is 5.63 Å². The zero-order valence-corrected chi connectivity index (χ0v) is 14.3. The molecule has 0 bridgehead atoms. The molecular formula is C17H20N5O3+. The molecule has 0 aliphatic rings. The first-order valence-corrected chi connectivity index (χ1v) is 7.93. The Morgan fingerprint density at radius 1 is 1.40 bits per heavy atom. The van der Waals surface area contributed by atoms with Gasteiger partial charge in [0.15, 0.2) is 0 Å². The summed E-state index contributed by atoms with van der Waals surface area (Å²) in [6.45, 7) is 5.87. The van der Waals surface area contributed by atoms with Crippen LogP contribution >= 0.6 is 0 Å². The summed E-state index contributed by atoms with van der Waals surface area (Å²) in [6, 6.07) is 7.78. The van der Waals surface area contributed by atoms with E-state index in [9.17, 15) is 9.59 Å². The molecule has 0 fully saturated rings. The predicted octanol–water partition coefficient (Wildman–Crippen LogP) is 0.935. The van der Waals surface area contributed by atoms with Crippen molar-refractivity contribution in [3.05, 3.63) is 63.9 Å². The lowest BCUT2D eigenvalue weighted by Crippen LogP contribution is -2.44. The SMILES string of the molecule is Cc1ccccc1-n1ncc(C(C)NC(=O)C[n+]2cc(=O)o[nH]2)c1C. The molecule has 1 amide bonds. The Balaban J connectivity index is 1.75. The van der Waals surface area contributed by atoms with E-state index in [1.165, 1.54) is 10.9 Å². The maximum atomic E-state index is 12.1. The Bertz CT molecular complexity index is 953. The van der Waals surface area contributed by atoms with Gasteiger partial charge in [-0.2, -0.15) is 5.10 Å². The number of benzene rings is 1. The van der Waals surface area contributed by atoms with Gasteiger partial charge in [-0.25, -0.2) is 9.48 Å². The summed E-state index contributed by atoms with van der Waals surface area (Å²) in [5.41, 5.74) is 3.50. The standard InChI is InChI=1S/C17H19N5O3/c1-11-6-4-5-7-15(11)22-13(3)14(8-18-22)12(2)19-16(23)9-21-10-17(24)25-20-21/h4-8,10,12H,9H2,1-3H3,(H-,19,20,23,24)/p+1. The van der Waals surface area contributed by atoms with Crippen LogP contribution in [0.5, 0.6) is 0 Å². The minimum absolute atomic E-state index is 0.0267. The molecule has 0 saturated heterocycles. The van der Waals surface area contributed by atoms with Crippen LogP contribution in [-0.4, -0.2) is 21.0 Å². The van der Waals surface area contributed by atoms with Crippen molar-refractivity contribution in [1.29, 1.82) is 0 Å². The van der Waals surface area contributed by atoms with Crippen molar-refractivity contribution < 1.29 is 14.0 Å². The van der Waals surface area contributed by atoms with E-state index in [1.54, 1.807) is 6.20 Å². The number of aryl methyl sites for hydroxylation is 1. The molecule has 1 atom stereocenters. The van der Waals surface area contributed by atoms with Gasteiger partial charge < -0.3 is 5.32 Å². The maximum absolute atomic E-state index is 12.1. The largest absolute Gasteiger partial charge is 0.426 e. The van der Waals surface area contributed by atoms with Crippen LogP contribution in [0.15, 0.2) is 46.0 Å². The molecule has 25 heavy (non-hydrogen) atoms. The van der Waals surface area contributed by atoms with E-state index in [1.807, 2.05) is 49.7 Å². The molecule has 3 aromatic rings. The van der Waals surface area contributed by atoms with Gasteiger partial charge in [-0.1, -0.05) is 22.9 Å². The number of aromatic amines is 1. The Labute approximate surface area is 144 Å². The minimum atomic E-state index is -0.531. The Kier molecular flexibility index (Phi) is 4.51. The molecule has 0 aliphatic heterocycles. The average Bonchev–Trinajstić information content (AvgIpc) is 3.13. The van der Waals surface area contributed by atoms with Gasteiger partial charge >= 0.3 is 5.63 Å². The van der Waals surface area contributed by atoms with Crippen LogP contribution in [0.4, 0.5) is 0 Å². The summed E-state index contributed by atoms with van der Waals surface area (Å²) < 4.78 is 7.68. The molecule has 130 valence electrons. The summed E-state index contributed by atoms with van der Waals surface area (Å²) in [6.07, 6.45) is 2.95. The number of aromatic nitrogens is 4. The van der Waals surface area contributed by atoms with E-state index in [0.717, 1.165) is 22.5 Å². The van der Waals surface area contributed by atoms with Crippen LogP contribution in [0, 0.1) is 13.8 Å². The lowest BCUT2D eigenvalue weighted by atomic mass is 10.1. The molecule has 0 aliphatic carbocycles. The number of carbonyl (C=O) groups excluding carboxylic acids is 1. The minimum Gasteiger partial charge on any atom is -0.344 e. The molecule has 0 radical (unpaired) electrons. The molecule has 0 spiro atoms. The van der Waals surface area contributed by atoms with Crippen molar-refractivity contribution in [3.8, 4) is 5.69 Å². The summed E-state index contributed by atoms with van der Waals surface area (Å²) in [5, 5.41) is 9.70. The smallest absolute Gasteiger partial charge is 0.344 e. The zero-order chi connectivity index (χ0) is 18.0. The van der Waals surface area contributed by atoms with E-state index >= 15 is 0 Å². The van der Waals surface area contributed by atoms with Gasteiger partial charge in [-0.05, 0) is 37.7 Å². The third-order valence-electron chi connectivity index (χ3n) is 4.07. The zero-order valence-electron chi connectivity index (χ0n) is 14.3. The molecule has 3 rings (SSSR count). The second-order valence-corrected chi connectivity index (χ2v) is 5.94. The second kappa shape index (κ2) is 6.76. The monoisotopic (exact) mass is 342 g/mol. The van der Waals surface area contributed by atoms with Crippen LogP contribution in [0.2, 0.25) is 0 Å². The van der Waals surface area contributed by atoms with Crippen molar-refractivity contribution in [2.45, 2.75) is 33.4 Å². The number of amides is 1. The number of nitrogens with one attached hydrogen (secondary N) is 2. The highest BCUT2D eigenvalue weighted by Gasteiger charge is 2.19. The number of H-pyrrole nitrogens is 1. The van der Waals surface area contributed by atoms with Crippen LogP contribution in [0.25, 0.3) is 5.69 Å². The lowest BCUT2D eigenvalue weighted by Gasteiger charge is -2.13. The number of carbonyl (C=O) groups is 1. The average molecular weight is 342 g/mol. The maximum Gasteiger partial charge on any atom is 0.426 e. The van der Waals surface area contributed by atoms with Gasteiger partial charge in [0.1, 0.15) is 0 Å². The number of para-hydroxylation sites is 1. The number of hydrogen-bond donors (Lipinski definition) is 2. The summed E-state index contributed by atoms with van der Waals surface area (Å²) in [4.78, 5) is 23.1. The Hall–Kier alpha value is -3.16. The third-order valence-corrected chi connectivity index (χ3v) is 4.07. The number of hydrogen-bond acceptors (Lipinski definition) is 4. The number of rotatable bonds is 5. The van der Waals surface area contributed by atoms with E-state index in [2.05, 4.69) is 20.2 Å². The van der Waals surface area contributed by atoms with Gasteiger partial charge in [0.05, 0.1) is 17.9 Å². The van der Waals surface area contributed by atoms with Gasteiger partial charge in [0.2, 0.25) is 0 Å². The molecule has 8 nitrogen and oxygen atoms in total. The van der Waals surface area contributed by atoms with Crippen LogP contribution in [0.3, 0.4) is 0 Å². The third kappa shape index (κ3) is 3.52. The van der Waals surface area contributed by atoms with Crippen molar-refractivity contribution >= 4 is 5.91 Å². The Morgan fingerprint density at radius 3 is 2.84 bits per heavy atom. The van der Waals surface area contributed by atoms with Crippen molar-refractivity contribution in [2.75, 3.05) is 0 Å². The fraction of sp³-hybridized carbons (Fsp3) is 0.294. The van der Waals surface area contributed by atoms with Crippen molar-refractivity contribution in [2.24, 2.45) is 0 Å². The van der Waals surface area contributed by atoms with Crippen molar-refractivity contribution in [1.82, 2.24) is 20.4 Å². The predicted molar refractivity (Wildman–Crippen MR) is 89.1 cm³/mol. The topological polar surface area (TPSA) is 96.8 Å². The fourth-order valence-corrected chi connectivity index (χ4v) is 2.77. The fourth-order valence-electron chi connectivity index (χ4n) is 2.77. The van der Waals surface area contributed by atoms with E-state index in [0.29, 0.717) is 0 Å². The quantitative estimate of drug-likeness (QED) is 0.674. The molecule has 2 N–H and O–H groups in total. The van der Waals surface area contributed by atoms with Crippen LogP contribution < -0.4 is 15.6 Å². The molecule has 1 aromatic carbocycles. The van der Waals surface area contributed by atoms with Crippen LogP contribution in [0.1, 0.15) is 29.8 Å². The first-order valence-electron chi connectivity index (χ1n) is 7.93. The first-order chi connectivity index (χ1) is 12.0. The van der Waals surface area contributed by atoms with E-state index in [4.69, 9.17) is 0 Å². The molecule has 2 aromatic heterocycles. The normalized spacial score (nSPS) is 12.1. The molecule has 1 unspecified atom stereocenters. The summed E-state index contributed by atoms with van der Waals surface area (Å²) >= 11 is 0. The highest BCUT2D eigenvalue weighted by molar-refractivity contribution is 5.74. The number of nitrogens with zero attached hydrogens (tertiary/aromatic N) is 3. The molecular weight excluding hydrogens is 322 g/mol. The summed E-state index contributed by atoms with van der Waals surface area (Å²) in [5.74, 6) is -0.238. The highest BCUT2D eigenvalue weighted by atomic mass is 16.5. The first kappa shape index (κ1) is 16.7. The van der Waals surface area contributed by atoms with Crippen molar-refractivity contribution in [3.63, 3.8) is 0 Å². The van der Waals surface area contributed by atoms with Crippen LogP contribution in [-0.2, 0) is 11.3 Å². The Morgan fingerprint density at radius 2 is 2.16 bits per heavy atom. The van der Waals surface area contributed by atoms with Gasteiger partial charge in [0, 0.05) is 11.3 Å². The highest BCUT2D eigenvalue weighted by Crippen LogP contribution is 2.21. The van der Waals surface area contributed by atoms with Gasteiger partial charge in [-0.3, -0.25) is 9.32 Å². The molecule has 8 heteroatoms. The molecule has 2 heterocycles.